The van der Waals surface area contributed by atoms with Gasteiger partial charge in [-0.3, -0.25) is 14.5 Å². The highest BCUT2D eigenvalue weighted by Crippen LogP contribution is 2.37. The lowest BCUT2D eigenvalue weighted by molar-refractivity contribution is -0.127. The van der Waals surface area contributed by atoms with Crippen molar-refractivity contribution < 1.29 is 14.7 Å². The lowest BCUT2D eigenvalue weighted by atomic mass is 9.76. The minimum absolute atomic E-state index is 0.0299. The molecule has 2 heterocycles. The third kappa shape index (κ3) is 4.24. The Labute approximate surface area is 190 Å². The highest BCUT2D eigenvalue weighted by atomic mass is 16.3. The van der Waals surface area contributed by atoms with E-state index in [-0.39, 0.29) is 23.3 Å². The number of nitrogens with zero attached hydrogens (tertiary/aromatic N) is 1. The fraction of sp³-hybridized carbons (Fsp3) is 0.462. The van der Waals surface area contributed by atoms with Crippen molar-refractivity contribution in [3.63, 3.8) is 0 Å². The Morgan fingerprint density at radius 3 is 2.53 bits per heavy atom. The molecule has 1 fully saturated rings. The van der Waals surface area contributed by atoms with E-state index in [0.717, 1.165) is 22.3 Å². The number of nitrogens with one attached hydrogen (secondary N) is 2. The van der Waals surface area contributed by atoms with E-state index >= 15 is 0 Å². The molecule has 1 spiro atoms. The summed E-state index contributed by atoms with van der Waals surface area (Å²) in [5.41, 5.74) is 3.45. The third-order valence-electron chi connectivity index (χ3n) is 6.52. The molecule has 0 unspecified atom stereocenters. The quantitative estimate of drug-likeness (QED) is 0.692. The standard InChI is InChI=1S/C26H33N3O3/c1-16-10-18(11-17(2)22(16)30)13-29-14-21(24(32)27-25(3,4)5)26(15-29)12-19-8-6-7-9-20(19)23(31)28-26/h6-11,21,30H,12-15H2,1-5H3,(H,27,32)(H,28,31)/t21-,26+/m0/s1. The number of hydrogen-bond acceptors (Lipinski definition) is 4. The molecule has 6 nitrogen and oxygen atoms in total. The summed E-state index contributed by atoms with van der Waals surface area (Å²) in [5.74, 6) is -0.181. The Hall–Kier alpha value is -2.86. The first-order valence-corrected chi connectivity index (χ1v) is 11.2. The van der Waals surface area contributed by atoms with Gasteiger partial charge in [0.15, 0.2) is 0 Å². The zero-order valence-electron chi connectivity index (χ0n) is 19.6. The van der Waals surface area contributed by atoms with E-state index in [2.05, 4.69) is 15.5 Å². The number of phenols is 1. The number of amides is 2. The van der Waals surface area contributed by atoms with Crippen molar-refractivity contribution in [1.82, 2.24) is 15.5 Å². The molecule has 0 bridgehead atoms. The van der Waals surface area contributed by atoms with E-state index in [1.807, 2.05) is 71.0 Å². The van der Waals surface area contributed by atoms with E-state index in [1.54, 1.807) is 0 Å². The van der Waals surface area contributed by atoms with Crippen LogP contribution >= 0.6 is 0 Å². The number of rotatable bonds is 3. The van der Waals surface area contributed by atoms with Gasteiger partial charge >= 0.3 is 0 Å². The summed E-state index contributed by atoms with van der Waals surface area (Å²) < 4.78 is 0. The smallest absolute Gasteiger partial charge is 0.252 e. The number of carbonyl (C=O) groups is 2. The maximum atomic E-state index is 13.4. The minimum Gasteiger partial charge on any atom is -0.507 e. The van der Waals surface area contributed by atoms with Crippen molar-refractivity contribution in [2.45, 2.75) is 58.7 Å². The van der Waals surface area contributed by atoms with Gasteiger partial charge in [0.1, 0.15) is 5.75 Å². The average Bonchev–Trinajstić information content (AvgIpc) is 3.01. The van der Waals surface area contributed by atoms with Crippen LogP contribution in [0.25, 0.3) is 0 Å². The van der Waals surface area contributed by atoms with Crippen LogP contribution in [0.5, 0.6) is 5.75 Å². The predicted molar refractivity (Wildman–Crippen MR) is 125 cm³/mol. The van der Waals surface area contributed by atoms with Gasteiger partial charge in [-0.25, -0.2) is 0 Å². The molecule has 2 amide bonds. The van der Waals surface area contributed by atoms with E-state index in [4.69, 9.17) is 0 Å². The molecule has 2 aliphatic heterocycles. The number of phenolic OH excluding ortho intramolecular Hbond substituents is 1. The monoisotopic (exact) mass is 435 g/mol. The topological polar surface area (TPSA) is 81.7 Å². The number of likely N-dealkylation sites (tertiary alicyclic amines) is 1. The molecule has 2 aliphatic rings. The van der Waals surface area contributed by atoms with Crippen molar-refractivity contribution in [3.05, 3.63) is 64.2 Å². The van der Waals surface area contributed by atoms with Crippen LogP contribution < -0.4 is 10.6 Å². The molecular formula is C26H33N3O3. The maximum absolute atomic E-state index is 13.4. The van der Waals surface area contributed by atoms with Crippen molar-refractivity contribution >= 4 is 11.8 Å². The normalized spacial score (nSPS) is 23.2. The second-order valence-corrected chi connectivity index (χ2v) is 10.5. The molecule has 6 heteroatoms. The van der Waals surface area contributed by atoms with Gasteiger partial charge in [0.25, 0.3) is 5.91 Å². The second kappa shape index (κ2) is 7.93. The summed E-state index contributed by atoms with van der Waals surface area (Å²) in [5, 5.41) is 16.5. The van der Waals surface area contributed by atoms with Gasteiger partial charge in [0.05, 0.1) is 11.5 Å². The number of benzene rings is 2. The molecule has 3 N–H and O–H groups in total. The number of aromatic hydroxyl groups is 1. The SMILES string of the molecule is Cc1cc(CN2C[C@@H](C(=O)NC(C)(C)C)[C@@]3(Cc4ccccc4C(=O)N3)C2)cc(C)c1O. The first kappa shape index (κ1) is 22.3. The van der Waals surface area contributed by atoms with Crippen molar-refractivity contribution in [3.8, 4) is 5.75 Å². The van der Waals surface area contributed by atoms with Crippen LogP contribution in [-0.2, 0) is 17.8 Å². The summed E-state index contributed by atoms with van der Waals surface area (Å²) in [6.45, 7) is 11.5. The summed E-state index contributed by atoms with van der Waals surface area (Å²) >= 11 is 0. The lowest BCUT2D eigenvalue weighted by Crippen LogP contribution is -2.62. The van der Waals surface area contributed by atoms with Gasteiger partial charge in [-0.2, -0.15) is 0 Å². The van der Waals surface area contributed by atoms with Crippen LogP contribution in [0.2, 0.25) is 0 Å². The molecule has 0 aromatic heterocycles. The summed E-state index contributed by atoms with van der Waals surface area (Å²) in [6, 6.07) is 11.6. The number of aryl methyl sites for hydroxylation is 2. The predicted octanol–water partition coefficient (Wildman–Crippen LogP) is 3.08. The highest BCUT2D eigenvalue weighted by Gasteiger charge is 2.53. The van der Waals surface area contributed by atoms with Crippen LogP contribution in [0.3, 0.4) is 0 Å². The van der Waals surface area contributed by atoms with Gasteiger partial charge < -0.3 is 15.7 Å². The molecular weight excluding hydrogens is 402 g/mol. The van der Waals surface area contributed by atoms with Crippen molar-refractivity contribution in [2.75, 3.05) is 13.1 Å². The van der Waals surface area contributed by atoms with Gasteiger partial charge in [0, 0.05) is 30.7 Å². The zero-order chi connectivity index (χ0) is 23.3. The minimum atomic E-state index is -0.651. The number of carbonyl (C=O) groups excluding carboxylic acids is 2. The Balaban J connectivity index is 1.66. The van der Waals surface area contributed by atoms with E-state index in [0.29, 0.717) is 37.4 Å². The van der Waals surface area contributed by atoms with E-state index in [9.17, 15) is 14.7 Å². The largest absolute Gasteiger partial charge is 0.507 e. The molecule has 0 radical (unpaired) electrons. The fourth-order valence-corrected chi connectivity index (χ4v) is 5.19. The van der Waals surface area contributed by atoms with Crippen LogP contribution in [0.4, 0.5) is 0 Å². The summed E-state index contributed by atoms with van der Waals surface area (Å²) in [6.07, 6.45) is 0.626. The lowest BCUT2D eigenvalue weighted by Gasteiger charge is -2.40. The second-order valence-electron chi connectivity index (χ2n) is 10.5. The van der Waals surface area contributed by atoms with Crippen LogP contribution in [0.15, 0.2) is 36.4 Å². The van der Waals surface area contributed by atoms with Crippen LogP contribution in [0, 0.1) is 19.8 Å². The van der Waals surface area contributed by atoms with Gasteiger partial charge in [-0.05, 0) is 69.4 Å². The molecule has 2 aromatic rings. The van der Waals surface area contributed by atoms with Crippen molar-refractivity contribution in [1.29, 1.82) is 0 Å². The van der Waals surface area contributed by atoms with Gasteiger partial charge in [-0.15, -0.1) is 0 Å². The first-order chi connectivity index (χ1) is 15.0. The molecule has 2 aromatic carbocycles. The van der Waals surface area contributed by atoms with Crippen LogP contribution in [0.1, 0.15) is 53.4 Å². The molecule has 4 rings (SSSR count). The Bertz CT molecular complexity index is 1050. The highest BCUT2D eigenvalue weighted by molar-refractivity contribution is 5.98. The summed E-state index contributed by atoms with van der Waals surface area (Å²) in [7, 11) is 0. The summed E-state index contributed by atoms with van der Waals surface area (Å²) in [4.78, 5) is 28.6. The maximum Gasteiger partial charge on any atom is 0.252 e. The Kier molecular flexibility index (Phi) is 5.53. The molecule has 0 aliphatic carbocycles. The first-order valence-electron chi connectivity index (χ1n) is 11.2. The molecule has 1 saturated heterocycles. The van der Waals surface area contributed by atoms with E-state index in [1.165, 1.54) is 0 Å². The molecule has 0 saturated carbocycles. The van der Waals surface area contributed by atoms with E-state index < -0.39 is 5.54 Å². The molecule has 170 valence electrons. The van der Waals surface area contributed by atoms with Gasteiger partial charge in [0.2, 0.25) is 5.91 Å². The number of hydrogen-bond donors (Lipinski definition) is 3. The third-order valence-corrected chi connectivity index (χ3v) is 6.52. The number of fused-ring (bicyclic) bond motifs is 1. The molecule has 32 heavy (non-hydrogen) atoms. The van der Waals surface area contributed by atoms with Crippen molar-refractivity contribution in [2.24, 2.45) is 5.92 Å². The van der Waals surface area contributed by atoms with Gasteiger partial charge in [-0.1, -0.05) is 30.3 Å². The molecule has 2 atom stereocenters. The Morgan fingerprint density at radius 1 is 1.22 bits per heavy atom. The zero-order valence-corrected chi connectivity index (χ0v) is 19.6. The average molecular weight is 436 g/mol. The van der Waals surface area contributed by atoms with Crippen LogP contribution in [-0.4, -0.2) is 46.0 Å². The fourth-order valence-electron chi connectivity index (χ4n) is 5.19. The Morgan fingerprint density at radius 2 is 1.88 bits per heavy atom.